The standard InChI is InChI=1S/C15H14N2O.2C8H10.C2H6/c1-11-7-9-13(10-8-11)15-17-16-14(18-15)12-5-3-2-4-6-12;2*1-7-5-3-4-6-8(7)2;1-2/h2-10,15,17H,1H3;2*3-6H,1-2H3;1-2H3. The summed E-state index contributed by atoms with van der Waals surface area (Å²) in [6, 6.07) is 34.8. The lowest BCUT2D eigenvalue weighted by atomic mass is 10.1. The summed E-state index contributed by atoms with van der Waals surface area (Å²) in [7, 11) is 0. The molecule has 0 bridgehead atoms. The van der Waals surface area contributed by atoms with Crippen LogP contribution in [0.1, 0.15) is 59.0 Å². The number of nitrogens with one attached hydrogen (secondary N) is 1. The Balaban J connectivity index is 0.000000211. The monoisotopic (exact) mass is 480 g/mol. The molecule has 5 rings (SSSR count). The van der Waals surface area contributed by atoms with Crippen LogP contribution in [0.25, 0.3) is 0 Å². The average Bonchev–Trinajstić information content (AvgIpc) is 3.41. The molecule has 1 atom stereocenters. The van der Waals surface area contributed by atoms with Gasteiger partial charge in [-0.1, -0.05) is 110 Å². The molecule has 0 spiro atoms. The van der Waals surface area contributed by atoms with Gasteiger partial charge < -0.3 is 4.74 Å². The van der Waals surface area contributed by atoms with Crippen molar-refractivity contribution < 1.29 is 4.74 Å². The van der Waals surface area contributed by atoms with Gasteiger partial charge in [0.2, 0.25) is 12.1 Å². The number of hydrazone groups is 1. The molecular formula is C33H40N2O. The molecule has 0 amide bonds. The Morgan fingerprint density at radius 3 is 1.39 bits per heavy atom. The fraction of sp³-hybridized carbons (Fsp3) is 0.242. The molecule has 0 radical (unpaired) electrons. The van der Waals surface area contributed by atoms with Crippen LogP contribution in [0.4, 0.5) is 0 Å². The van der Waals surface area contributed by atoms with E-state index in [1.807, 2.05) is 44.2 Å². The minimum absolute atomic E-state index is 0.194. The number of ether oxygens (including phenoxy) is 1. The first-order valence-corrected chi connectivity index (χ1v) is 12.6. The predicted octanol–water partition coefficient (Wildman–Crippen LogP) is 8.61. The molecule has 188 valence electrons. The molecule has 0 fully saturated rings. The van der Waals surface area contributed by atoms with E-state index in [4.69, 9.17) is 4.74 Å². The molecule has 36 heavy (non-hydrogen) atoms. The van der Waals surface area contributed by atoms with Crippen molar-refractivity contribution in [1.82, 2.24) is 5.43 Å². The van der Waals surface area contributed by atoms with E-state index < -0.39 is 0 Å². The van der Waals surface area contributed by atoms with Crippen molar-refractivity contribution in [1.29, 1.82) is 0 Å². The Labute approximate surface area is 217 Å². The lowest BCUT2D eigenvalue weighted by Crippen LogP contribution is -2.12. The third-order valence-corrected chi connectivity index (χ3v) is 5.76. The van der Waals surface area contributed by atoms with E-state index in [1.165, 1.54) is 27.8 Å². The van der Waals surface area contributed by atoms with E-state index in [1.54, 1.807) is 0 Å². The van der Waals surface area contributed by atoms with Gasteiger partial charge in [-0.2, -0.15) is 0 Å². The van der Waals surface area contributed by atoms with Crippen LogP contribution >= 0.6 is 0 Å². The highest BCUT2D eigenvalue weighted by Crippen LogP contribution is 2.21. The van der Waals surface area contributed by atoms with Crippen molar-refractivity contribution in [3.05, 3.63) is 142 Å². The third-order valence-electron chi connectivity index (χ3n) is 5.76. The Hall–Kier alpha value is -3.85. The average molecular weight is 481 g/mol. The molecule has 1 aliphatic heterocycles. The molecule has 1 heterocycles. The van der Waals surface area contributed by atoms with E-state index >= 15 is 0 Å². The molecule has 3 nitrogen and oxygen atoms in total. The normalized spacial score (nSPS) is 13.2. The van der Waals surface area contributed by atoms with E-state index in [2.05, 4.69) is 118 Å². The van der Waals surface area contributed by atoms with Crippen molar-refractivity contribution in [2.75, 3.05) is 0 Å². The van der Waals surface area contributed by atoms with Crippen molar-refractivity contribution in [3.8, 4) is 0 Å². The number of nitrogens with zero attached hydrogens (tertiary/aromatic N) is 1. The van der Waals surface area contributed by atoms with E-state index in [0.717, 1.165) is 11.1 Å². The summed E-state index contributed by atoms with van der Waals surface area (Å²) in [5.74, 6) is 0.640. The Morgan fingerprint density at radius 2 is 0.972 bits per heavy atom. The summed E-state index contributed by atoms with van der Waals surface area (Å²) in [5, 5.41) is 4.23. The van der Waals surface area contributed by atoms with Crippen LogP contribution in [-0.2, 0) is 4.74 Å². The topological polar surface area (TPSA) is 33.6 Å². The van der Waals surface area contributed by atoms with Gasteiger partial charge in [0.15, 0.2) is 0 Å². The van der Waals surface area contributed by atoms with Gasteiger partial charge in [0.05, 0.1) is 0 Å². The number of rotatable bonds is 2. The van der Waals surface area contributed by atoms with Crippen LogP contribution in [0.3, 0.4) is 0 Å². The lowest BCUT2D eigenvalue weighted by molar-refractivity contribution is 0.192. The van der Waals surface area contributed by atoms with Gasteiger partial charge in [-0.05, 0) is 69.0 Å². The quantitative estimate of drug-likeness (QED) is 0.311. The van der Waals surface area contributed by atoms with Crippen LogP contribution in [0.2, 0.25) is 0 Å². The van der Waals surface area contributed by atoms with Gasteiger partial charge in [0, 0.05) is 11.1 Å². The number of hydrogen-bond donors (Lipinski definition) is 1. The zero-order chi connectivity index (χ0) is 26.3. The Morgan fingerprint density at radius 1 is 0.556 bits per heavy atom. The van der Waals surface area contributed by atoms with Gasteiger partial charge in [0.25, 0.3) is 0 Å². The molecule has 4 aromatic carbocycles. The van der Waals surface area contributed by atoms with Gasteiger partial charge in [0.1, 0.15) is 0 Å². The van der Waals surface area contributed by atoms with Gasteiger partial charge in [-0.15, -0.1) is 5.10 Å². The van der Waals surface area contributed by atoms with E-state index in [9.17, 15) is 0 Å². The van der Waals surface area contributed by atoms with Gasteiger partial charge in [-0.25, -0.2) is 0 Å². The second-order valence-electron chi connectivity index (χ2n) is 8.49. The maximum atomic E-state index is 5.81. The second kappa shape index (κ2) is 15.2. The SMILES string of the molecule is CC.Cc1ccc(C2NN=C(c3ccccc3)O2)cc1.Cc1ccccc1C.Cc1ccccc1C. The van der Waals surface area contributed by atoms with Crippen molar-refractivity contribution in [2.45, 2.75) is 54.7 Å². The predicted molar refractivity (Wildman–Crippen MR) is 154 cm³/mol. The van der Waals surface area contributed by atoms with Crippen LogP contribution in [0, 0.1) is 34.6 Å². The highest BCUT2D eigenvalue weighted by molar-refractivity contribution is 5.94. The summed E-state index contributed by atoms with van der Waals surface area (Å²) >= 11 is 0. The summed E-state index contributed by atoms with van der Waals surface area (Å²) in [4.78, 5) is 0. The maximum absolute atomic E-state index is 5.81. The first-order chi connectivity index (χ1) is 17.4. The fourth-order valence-electron chi connectivity index (χ4n) is 3.20. The van der Waals surface area contributed by atoms with Crippen molar-refractivity contribution in [2.24, 2.45) is 5.10 Å². The minimum Gasteiger partial charge on any atom is -0.446 e. The Kier molecular flexibility index (Phi) is 12.0. The smallest absolute Gasteiger partial charge is 0.240 e. The molecule has 1 aliphatic rings. The van der Waals surface area contributed by atoms with Crippen LogP contribution in [0.5, 0.6) is 0 Å². The molecule has 0 saturated carbocycles. The third kappa shape index (κ3) is 9.07. The zero-order valence-corrected chi connectivity index (χ0v) is 22.7. The van der Waals surface area contributed by atoms with Crippen molar-refractivity contribution >= 4 is 5.90 Å². The first-order valence-electron chi connectivity index (χ1n) is 12.6. The minimum atomic E-state index is -0.194. The zero-order valence-electron chi connectivity index (χ0n) is 22.7. The lowest BCUT2D eigenvalue weighted by Gasteiger charge is -2.11. The van der Waals surface area contributed by atoms with Gasteiger partial charge in [-0.3, -0.25) is 5.43 Å². The molecular weight excluding hydrogens is 440 g/mol. The first kappa shape index (κ1) is 28.4. The number of hydrogen-bond acceptors (Lipinski definition) is 3. The summed E-state index contributed by atoms with van der Waals surface area (Å²) in [6.07, 6.45) is -0.194. The summed E-state index contributed by atoms with van der Waals surface area (Å²) < 4.78 is 5.81. The van der Waals surface area contributed by atoms with Gasteiger partial charge >= 0.3 is 0 Å². The highest BCUT2D eigenvalue weighted by atomic mass is 16.5. The molecule has 0 aromatic heterocycles. The maximum Gasteiger partial charge on any atom is 0.240 e. The molecule has 0 aliphatic carbocycles. The van der Waals surface area contributed by atoms with Crippen LogP contribution < -0.4 is 5.43 Å². The molecule has 3 heteroatoms. The van der Waals surface area contributed by atoms with E-state index in [0.29, 0.717) is 5.90 Å². The largest absolute Gasteiger partial charge is 0.446 e. The van der Waals surface area contributed by atoms with Crippen molar-refractivity contribution in [3.63, 3.8) is 0 Å². The van der Waals surface area contributed by atoms with E-state index in [-0.39, 0.29) is 6.23 Å². The Bertz CT molecular complexity index is 1110. The number of aryl methyl sites for hydroxylation is 5. The number of benzene rings is 4. The molecule has 0 saturated heterocycles. The highest BCUT2D eigenvalue weighted by Gasteiger charge is 2.21. The van der Waals surface area contributed by atoms with Crippen LogP contribution in [0.15, 0.2) is 108 Å². The molecule has 1 unspecified atom stereocenters. The summed E-state index contributed by atoms with van der Waals surface area (Å²) in [5.41, 5.74) is 11.8. The molecule has 4 aromatic rings. The fourth-order valence-corrected chi connectivity index (χ4v) is 3.20. The van der Waals surface area contributed by atoms with Crippen LogP contribution in [-0.4, -0.2) is 5.90 Å². The second-order valence-corrected chi connectivity index (χ2v) is 8.49. The summed E-state index contributed by atoms with van der Waals surface area (Å²) in [6.45, 7) is 14.5. The molecule has 1 N–H and O–H groups in total.